The lowest BCUT2D eigenvalue weighted by Gasteiger charge is -2.20. The van der Waals surface area contributed by atoms with Gasteiger partial charge in [0.15, 0.2) is 11.4 Å². The Labute approximate surface area is 223 Å². The fourth-order valence-electron chi connectivity index (χ4n) is 3.74. The van der Waals surface area contributed by atoms with Crippen LogP contribution in [0.15, 0.2) is 17.1 Å². The highest BCUT2D eigenvalue weighted by Crippen LogP contribution is 2.42. The van der Waals surface area contributed by atoms with Gasteiger partial charge in [0.05, 0.1) is 6.42 Å². The highest BCUT2D eigenvalue weighted by Gasteiger charge is 2.60. The van der Waals surface area contributed by atoms with E-state index in [4.69, 9.17) is 19.8 Å². The summed E-state index contributed by atoms with van der Waals surface area (Å²) in [6.45, 7) is -0.735. The number of imide groups is 1. The average Bonchev–Trinajstić information content (AvgIpc) is 3.26. The van der Waals surface area contributed by atoms with Gasteiger partial charge < -0.3 is 30.5 Å². The molecule has 2 fully saturated rings. The number of nitrogens with one attached hydrogen (secondary N) is 1. The van der Waals surface area contributed by atoms with E-state index in [2.05, 4.69) is 15.1 Å². The standard InChI is InChI=1S/C20H25F2N5O12S/c21-20(22)15(30)10(38-17(20)26-7-5-12(23)25-18(26)32)9-37-19(33)24-6-3-1-2-4-14(29)39-27-13(28)8-11(16(27)31)40(34,35)36/h5,7,10-11,15,17,30H,1-4,6,8-9H2,(H,24,33)(H2,23,25,32)(H,34,35,36)/t10-,11?,15?,17-/m1/s1. The van der Waals surface area contributed by atoms with E-state index in [1.807, 2.05) is 0 Å². The summed E-state index contributed by atoms with van der Waals surface area (Å²) in [7, 11) is -4.84. The van der Waals surface area contributed by atoms with Gasteiger partial charge in [-0.05, 0) is 18.9 Å². The minimum atomic E-state index is -4.84. The Morgan fingerprint density at radius 3 is 2.58 bits per heavy atom. The first-order valence-electron chi connectivity index (χ1n) is 11.6. The minimum absolute atomic E-state index is 0.00761. The molecule has 2 unspecified atom stereocenters. The number of aliphatic hydroxyl groups is 1. The zero-order valence-corrected chi connectivity index (χ0v) is 21.3. The normalized spacial score (nSPS) is 24.2. The molecule has 2 aliphatic rings. The number of nitrogens with zero attached hydrogens (tertiary/aromatic N) is 3. The molecule has 17 nitrogen and oxygen atoms in total. The molecule has 0 saturated carbocycles. The van der Waals surface area contributed by atoms with Gasteiger partial charge >= 0.3 is 23.7 Å². The molecule has 40 heavy (non-hydrogen) atoms. The van der Waals surface area contributed by atoms with Gasteiger partial charge in [-0.2, -0.15) is 22.2 Å². The quantitative estimate of drug-likeness (QED) is 0.129. The van der Waals surface area contributed by atoms with Crippen molar-refractivity contribution in [3.63, 3.8) is 0 Å². The average molecular weight is 598 g/mol. The van der Waals surface area contributed by atoms with E-state index in [1.54, 1.807) is 0 Å². The van der Waals surface area contributed by atoms with Gasteiger partial charge in [-0.3, -0.25) is 18.7 Å². The largest absolute Gasteiger partial charge is 0.447 e. The monoisotopic (exact) mass is 597 g/mol. The smallest absolute Gasteiger partial charge is 0.407 e. The van der Waals surface area contributed by atoms with E-state index in [9.17, 15) is 46.3 Å². The first-order chi connectivity index (χ1) is 18.6. The minimum Gasteiger partial charge on any atom is -0.447 e. The SMILES string of the molecule is Nc1ccn([C@@H]2O[C@H](COC(=O)NCCCCCC(=O)ON3C(=O)CC(S(=O)(=O)O)C3=O)C(O)C2(F)F)c(=O)n1. The van der Waals surface area contributed by atoms with Crippen LogP contribution >= 0.6 is 0 Å². The highest BCUT2D eigenvalue weighted by molar-refractivity contribution is 7.87. The zero-order chi connectivity index (χ0) is 29.8. The molecular formula is C20H25F2N5O12S. The van der Waals surface area contributed by atoms with Crippen LogP contribution in [0, 0.1) is 0 Å². The molecule has 1 aromatic rings. The maximum atomic E-state index is 14.5. The number of aromatic nitrogens is 2. The number of carbonyl (C=O) groups is 4. The lowest BCUT2D eigenvalue weighted by atomic mass is 10.1. The maximum Gasteiger partial charge on any atom is 0.407 e. The molecule has 0 spiro atoms. The number of nitrogens with two attached hydrogens (primary N) is 1. The highest BCUT2D eigenvalue weighted by atomic mass is 32.2. The van der Waals surface area contributed by atoms with Crippen LogP contribution in [0.4, 0.5) is 19.4 Å². The first-order valence-corrected chi connectivity index (χ1v) is 13.1. The number of carbonyl (C=O) groups excluding carboxylic acids is 4. The van der Waals surface area contributed by atoms with Gasteiger partial charge in [-0.15, -0.1) is 5.06 Å². The van der Waals surface area contributed by atoms with Crippen molar-refractivity contribution in [2.75, 3.05) is 18.9 Å². The predicted octanol–water partition coefficient (Wildman–Crippen LogP) is -1.52. The molecule has 0 aromatic carbocycles. The third kappa shape index (κ3) is 7.06. The molecule has 0 aliphatic carbocycles. The van der Waals surface area contributed by atoms with Crippen LogP contribution in [-0.2, 0) is 38.8 Å². The number of hydroxylamine groups is 2. The van der Waals surface area contributed by atoms with Crippen molar-refractivity contribution in [1.82, 2.24) is 19.9 Å². The summed E-state index contributed by atoms with van der Waals surface area (Å²) < 4.78 is 70.4. The zero-order valence-electron chi connectivity index (χ0n) is 20.5. The number of ether oxygens (including phenoxy) is 2. The molecule has 5 N–H and O–H groups in total. The summed E-state index contributed by atoms with van der Waals surface area (Å²) in [6, 6.07) is 1.09. The van der Waals surface area contributed by atoms with Crippen LogP contribution in [0.3, 0.4) is 0 Å². The van der Waals surface area contributed by atoms with Crippen LogP contribution in [0.5, 0.6) is 0 Å². The fraction of sp³-hybridized carbons (Fsp3) is 0.600. The van der Waals surface area contributed by atoms with Crippen LogP contribution < -0.4 is 16.7 Å². The van der Waals surface area contributed by atoms with E-state index < -0.39 is 82.3 Å². The number of halogens is 2. The van der Waals surface area contributed by atoms with Gasteiger partial charge in [0.2, 0.25) is 6.23 Å². The first kappa shape index (κ1) is 30.8. The second-order valence-corrected chi connectivity index (χ2v) is 10.3. The van der Waals surface area contributed by atoms with E-state index >= 15 is 0 Å². The van der Waals surface area contributed by atoms with Crippen molar-refractivity contribution in [3.05, 3.63) is 22.7 Å². The molecule has 222 valence electrons. The van der Waals surface area contributed by atoms with Gasteiger partial charge in [-0.1, -0.05) is 6.42 Å². The van der Waals surface area contributed by atoms with E-state index in [0.29, 0.717) is 17.4 Å². The number of rotatable bonds is 11. The Balaban J connectivity index is 1.34. The molecule has 2 saturated heterocycles. The second kappa shape index (κ2) is 12.2. The second-order valence-electron chi connectivity index (χ2n) is 8.72. The molecular weight excluding hydrogens is 572 g/mol. The summed E-state index contributed by atoms with van der Waals surface area (Å²) in [6.07, 6.45) is -6.66. The van der Waals surface area contributed by atoms with Gasteiger partial charge in [-0.25, -0.2) is 14.4 Å². The van der Waals surface area contributed by atoms with E-state index in [1.165, 1.54) is 0 Å². The van der Waals surface area contributed by atoms with Gasteiger partial charge in [0.25, 0.3) is 21.9 Å². The number of alkyl carbamates (subject to hydrolysis) is 1. The van der Waals surface area contributed by atoms with Crippen molar-refractivity contribution in [2.24, 2.45) is 0 Å². The molecule has 2 aliphatic heterocycles. The molecule has 20 heteroatoms. The molecule has 0 bridgehead atoms. The van der Waals surface area contributed by atoms with Crippen LogP contribution in [-0.4, -0.2) is 93.1 Å². The summed E-state index contributed by atoms with van der Waals surface area (Å²) in [5, 5.41) is 10.2. The summed E-state index contributed by atoms with van der Waals surface area (Å²) >= 11 is 0. The maximum absolute atomic E-state index is 14.5. The Morgan fingerprint density at radius 1 is 1.25 bits per heavy atom. The number of amides is 3. The summed E-state index contributed by atoms with van der Waals surface area (Å²) in [5.41, 5.74) is 4.20. The Kier molecular flexibility index (Phi) is 9.38. The topological polar surface area (TPSA) is 247 Å². The summed E-state index contributed by atoms with van der Waals surface area (Å²) in [4.78, 5) is 67.0. The number of nitrogen functional groups attached to an aromatic ring is 1. The Hall–Kier alpha value is -3.75. The predicted molar refractivity (Wildman–Crippen MR) is 123 cm³/mol. The lowest BCUT2D eigenvalue weighted by molar-refractivity contribution is -0.197. The number of hydrogen-bond acceptors (Lipinski definition) is 13. The Bertz CT molecular complexity index is 1320. The van der Waals surface area contributed by atoms with Crippen LogP contribution in [0.1, 0.15) is 38.3 Å². The van der Waals surface area contributed by atoms with Gasteiger partial charge in [0.1, 0.15) is 18.5 Å². The molecule has 4 atom stereocenters. The third-order valence-electron chi connectivity index (χ3n) is 5.80. The summed E-state index contributed by atoms with van der Waals surface area (Å²) in [5.74, 6) is -7.61. The van der Waals surface area contributed by atoms with Crippen LogP contribution in [0.25, 0.3) is 0 Å². The number of unbranched alkanes of at least 4 members (excludes halogenated alkanes) is 2. The molecule has 3 amide bonds. The van der Waals surface area contributed by atoms with Crippen molar-refractivity contribution < 1.29 is 60.3 Å². The van der Waals surface area contributed by atoms with Crippen LogP contribution in [0.2, 0.25) is 0 Å². The third-order valence-corrected chi connectivity index (χ3v) is 6.89. The lowest BCUT2D eigenvalue weighted by Crippen LogP contribution is -2.42. The Morgan fingerprint density at radius 2 is 1.95 bits per heavy atom. The number of hydrogen-bond donors (Lipinski definition) is 4. The van der Waals surface area contributed by atoms with Crippen molar-refractivity contribution in [1.29, 1.82) is 0 Å². The van der Waals surface area contributed by atoms with Gasteiger partial charge in [0, 0.05) is 19.2 Å². The van der Waals surface area contributed by atoms with E-state index in [-0.39, 0.29) is 30.3 Å². The number of aliphatic hydroxyl groups excluding tert-OH is 1. The van der Waals surface area contributed by atoms with Crippen molar-refractivity contribution in [3.8, 4) is 0 Å². The molecule has 1 aromatic heterocycles. The molecule has 0 radical (unpaired) electrons. The number of alkyl halides is 2. The molecule has 3 rings (SSSR count). The number of anilines is 1. The van der Waals surface area contributed by atoms with Crippen molar-refractivity contribution in [2.45, 2.75) is 61.7 Å². The fourth-order valence-corrected chi connectivity index (χ4v) is 4.44. The van der Waals surface area contributed by atoms with E-state index in [0.717, 1.165) is 12.3 Å². The molecule has 3 heterocycles. The van der Waals surface area contributed by atoms with Crippen molar-refractivity contribution >= 4 is 39.8 Å².